The van der Waals surface area contributed by atoms with Gasteiger partial charge in [-0.25, -0.2) is 33.5 Å². The van der Waals surface area contributed by atoms with Gasteiger partial charge in [0.25, 0.3) is 5.56 Å². The number of fused-ring (bicyclic) bond motifs is 5. The van der Waals surface area contributed by atoms with Gasteiger partial charge in [-0.05, 0) is 0 Å². The van der Waals surface area contributed by atoms with Crippen LogP contribution in [0, 0.1) is 0 Å². The number of aliphatic hydroxyl groups is 1. The van der Waals surface area contributed by atoms with Crippen LogP contribution in [0.15, 0.2) is 23.8 Å². The fourth-order valence-electron chi connectivity index (χ4n) is 5.26. The van der Waals surface area contributed by atoms with Crippen LogP contribution in [-0.4, -0.2) is 104 Å². The minimum absolute atomic E-state index is 0.00648. The monoisotopic (exact) mass is 676 g/mol. The predicted octanol–water partition coefficient (Wildman–Crippen LogP) is -1.36. The van der Waals surface area contributed by atoms with Crippen LogP contribution in [-0.2, 0) is 36.7 Å². The molecule has 0 aromatic carbocycles. The van der Waals surface area contributed by atoms with E-state index in [1.807, 2.05) is 0 Å². The van der Waals surface area contributed by atoms with Crippen molar-refractivity contribution in [3.8, 4) is 0 Å². The molecule has 0 aliphatic carbocycles. The first kappa shape index (κ1) is 30.2. The number of rotatable bonds is 2. The van der Waals surface area contributed by atoms with Crippen LogP contribution in [0.2, 0.25) is 0 Å². The molecular formula is C20H23FN10O12P2. The number of H-pyrrole nitrogens is 1. The summed E-state index contributed by atoms with van der Waals surface area (Å²) < 4.78 is 76.3. The number of aliphatic hydroxyl groups excluding tert-OH is 1. The standard InChI is InChI=1S/C20H23FN10O12P2/c21-8-12-7(41-18(8)30-4-26-9-14(22)24-3-25-15(9)30)2-39-45(36,37)43-13-11(32)6(1-38-44(34,35)42-12)40-19(13)31-5-27-10-16(31)28-20(23)29-17(10)33/h3-8,11-13,18-19,32H,1-2H2,(H,34,35)(H,36,37)(H2,22,24,25)(H3,23,28,29,33)/t6-,7-,8+,11?,12?,13+,18-,19-/m1/s1. The molecule has 4 unspecified atom stereocenters. The largest absolute Gasteiger partial charge is 0.472 e. The summed E-state index contributed by atoms with van der Waals surface area (Å²) in [6.07, 6.45) is -10.5. The molecular weight excluding hydrogens is 653 g/mol. The number of aromatic nitrogens is 8. The Morgan fingerprint density at radius 1 is 0.889 bits per heavy atom. The molecule has 10 atom stereocenters. The molecule has 3 saturated heterocycles. The summed E-state index contributed by atoms with van der Waals surface area (Å²) in [5, 5.41) is 11.0. The van der Waals surface area contributed by atoms with Gasteiger partial charge in [-0.1, -0.05) is 0 Å². The SMILES string of the molecule is Nc1nc2c(ncn2[C@@H]2O[C@@H]3COP(=O)(O)OC4[C@@H](COP(=O)(O)O[C@H]2C3O)O[C@@H](n2cnc3c(N)ncnc32)[C@H]4F)c(=O)[nH]1. The van der Waals surface area contributed by atoms with Crippen molar-refractivity contribution in [2.45, 2.75) is 49.1 Å². The third-order valence-electron chi connectivity index (χ3n) is 7.28. The lowest BCUT2D eigenvalue weighted by atomic mass is 10.1. The van der Waals surface area contributed by atoms with Gasteiger partial charge in [-0.2, -0.15) is 4.98 Å². The lowest BCUT2D eigenvalue weighted by Crippen LogP contribution is -2.35. The van der Waals surface area contributed by atoms with Crippen molar-refractivity contribution in [1.82, 2.24) is 39.0 Å². The molecule has 22 nitrogen and oxygen atoms in total. The van der Waals surface area contributed by atoms with E-state index in [2.05, 4.69) is 29.9 Å². The molecule has 0 radical (unpaired) electrons. The highest BCUT2D eigenvalue weighted by Gasteiger charge is 2.54. The van der Waals surface area contributed by atoms with Gasteiger partial charge >= 0.3 is 15.6 Å². The van der Waals surface area contributed by atoms with E-state index >= 15 is 4.39 Å². The average molecular weight is 676 g/mol. The highest BCUT2D eigenvalue weighted by Crippen LogP contribution is 2.54. The van der Waals surface area contributed by atoms with Crippen molar-refractivity contribution < 1.29 is 56.0 Å². The molecule has 4 aromatic heterocycles. The lowest BCUT2D eigenvalue weighted by Gasteiger charge is -2.25. The number of hydrogen-bond donors (Lipinski definition) is 6. The molecule has 3 fully saturated rings. The van der Waals surface area contributed by atoms with Gasteiger partial charge in [0.2, 0.25) is 5.95 Å². The second kappa shape index (κ2) is 10.8. The molecule has 3 aliphatic rings. The number of halogens is 1. The van der Waals surface area contributed by atoms with Crippen molar-refractivity contribution >= 4 is 49.7 Å². The number of phosphoric acid groups is 2. The number of aromatic amines is 1. The zero-order chi connectivity index (χ0) is 31.8. The minimum Gasteiger partial charge on any atom is -0.387 e. The molecule has 242 valence electrons. The number of hydrogen-bond acceptors (Lipinski definition) is 17. The summed E-state index contributed by atoms with van der Waals surface area (Å²) in [5.41, 5.74) is 10.6. The number of imidazole rings is 2. The molecule has 2 bridgehead atoms. The van der Waals surface area contributed by atoms with Crippen molar-refractivity contribution in [2.75, 3.05) is 24.7 Å². The van der Waals surface area contributed by atoms with Crippen molar-refractivity contribution in [3.05, 3.63) is 29.3 Å². The second-order valence-electron chi connectivity index (χ2n) is 10.1. The second-order valence-corrected chi connectivity index (χ2v) is 12.9. The minimum atomic E-state index is -5.15. The van der Waals surface area contributed by atoms with Crippen LogP contribution in [0.25, 0.3) is 22.3 Å². The first-order chi connectivity index (χ1) is 21.3. The molecule has 4 aromatic rings. The Morgan fingerprint density at radius 2 is 1.51 bits per heavy atom. The van der Waals surface area contributed by atoms with Crippen molar-refractivity contribution in [3.63, 3.8) is 0 Å². The number of alkyl halides is 1. The fraction of sp³-hybridized carbons (Fsp3) is 0.500. The number of phosphoric ester groups is 2. The first-order valence-electron chi connectivity index (χ1n) is 12.9. The number of nitrogens with two attached hydrogens (primary N) is 2. The molecule has 45 heavy (non-hydrogen) atoms. The molecule has 0 spiro atoms. The maximum Gasteiger partial charge on any atom is 0.472 e. The number of anilines is 2. The smallest absolute Gasteiger partial charge is 0.387 e. The van der Waals surface area contributed by atoms with E-state index < -0.39 is 83.6 Å². The average Bonchev–Trinajstić information content (AvgIpc) is 3.72. The van der Waals surface area contributed by atoms with Crippen LogP contribution in [0.4, 0.5) is 16.2 Å². The van der Waals surface area contributed by atoms with Gasteiger partial charge in [0, 0.05) is 0 Å². The van der Waals surface area contributed by atoms with Crippen LogP contribution in [0.3, 0.4) is 0 Å². The van der Waals surface area contributed by atoms with Gasteiger partial charge < -0.3 is 35.8 Å². The molecule has 0 saturated carbocycles. The third-order valence-corrected chi connectivity index (χ3v) is 9.25. The Labute approximate surface area is 248 Å². The first-order valence-corrected chi connectivity index (χ1v) is 15.9. The third kappa shape index (κ3) is 5.30. The number of ether oxygens (including phenoxy) is 2. The molecule has 3 aliphatic heterocycles. The Kier molecular flexibility index (Phi) is 7.26. The van der Waals surface area contributed by atoms with E-state index in [0.717, 1.165) is 28.1 Å². The summed E-state index contributed by atoms with van der Waals surface area (Å²) >= 11 is 0. The van der Waals surface area contributed by atoms with Gasteiger partial charge in [0.1, 0.15) is 42.4 Å². The van der Waals surface area contributed by atoms with Gasteiger partial charge in [0.05, 0.1) is 25.9 Å². The van der Waals surface area contributed by atoms with Crippen LogP contribution in [0.1, 0.15) is 12.5 Å². The van der Waals surface area contributed by atoms with Crippen LogP contribution in [0.5, 0.6) is 0 Å². The number of nitrogens with one attached hydrogen (secondary N) is 1. The molecule has 0 amide bonds. The van der Waals surface area contributed by atoms with Gasteiger partial charge in [-0.3, -0.25) is 37.0 Å². The molecule has 7 heterocycles. The van der Waals surface area contributed by atoms with E-state index in [0.29, 0.717) is 0 Å². The Balaban J connectivity index is 1.21. The Bertz CT molecular complexity index is 1940. The molecule has 25 heteroatoms. The van der Waals surface area contributed by atoms with Crippen molar-refractivity contribution in [2.24, 2.45) is 0 Å². The zero-order valence-corrected chi connectivity index (χ0v) is 24.1. The lowest BCUT2D eigenvalue weighted by molar-refractivity contribution is -0.0670. The maximum absolute atomic E-state index is 15.9. The van der Waals surface area contributed by atoms with E-state index in [4.69, 9.17) is 39.0 Å². The normalized spacial score (nSPS) is 37.7. The molecule has 7 rings (SSSR count). The summed E-state index contributed by atoms with van der Waals surface area (Å²) in [6, 6.07) is 0. The van der Waals surface area contributed by atoms with Gasteiger partial charge in [-0.15, -0.1) is 0 Å². The van der Waals surface area contributed by atoms with Crippen LogP contribution < -0.4 is 17.0 Å². The van der Waals surface area contributed by atoms with E-state index in [1.54, 1.807) is 0 Å². The predicted molar refractivity (Wildman–Crippen MR) is 142 cm³/mol. The summed E-state index contributed by atoms with van der Waals surface area (Å²) in [6.45, 7) is -1.77. The zero-order valence-electron chi connectivity index (χ0n) is 22.3. The highest BCUT2D eigenvalue weighted by atomic mass is 31.2. The molecule has 8 N–H and O–H groups in total. The van der Waals surface area contributed by atoms with Crippen LogP contribution >= 0.6 is 15.6 Å². The highest BCUT2D eigenvalue weighted by molar-refractivity contribution is 7.47. The van der Waals surface area contributed by atoms with E-state index in [9.17, 15) is 28.8 Å². The summed E-state index contributed by atoms with van der Waals surface area (Å²) in [5.74, 6) is -0.301. The van der Waals surface area contributed by atoms with Gasteiger partial charge in [0.15, 0.2) is 41.3 Å². The topological polar surface area (TPSA) is 309 Å². The number of nitrogens with zero attached hydrogens (tertiary/aromatic N) is 7. The van der Waals surface area contributed by atoms with E-state index in [-0.39, 0.29) is 34.1 Å². The Morgan fingerprint density at radius 3 is 2.24 bits per heavy atom. The quantitative estimate of drug-likeness (QED) is 0.133. The number of nitrogen functional groups attached to an aromatic ring is 2. The van der Waals surface area contributed by atoms with Crippen molar-refractivity contribution in [1.29, 1.82) is 0 Å². The van der Waals surface area contributed by atoms with E-state index in [1.165, 1.54) is 0 Å². The summed E-state index contributed by atoms with van der Waals surface area (Å²) in [4.78, 5) is 55.5. The fourth-order valence-corrected chi connectivity index (χ4v) is 7.15. The Hall–Kier alpha value is -3.47. The summed E-state index contributed by atoms with van der Waals surface area (Å²) in [7, 11) is -10.3. The maximum atomic E-state index is 15.9.